The zero-order valence-electron chi connectivity index (χ0n) is 11.0. The topological polar surface area (TPSA) is 58.2 Å². The van der Waals surface area contributed by atoms with Crippen molar-refractivity contribution in [3.63, 3.8) is 0 Å². The Labute approximate surface area is 134 Å². The van der Waals surface area contributed by atoms with E-state index < -0.39 is 10.0 Å². The molecule has 2 aromatic rings. The van der Waals surface area contributed by atoms with Gasteiger partial charge in [-0.25, -0.2) is 13.1 Å². The van der Waals surface area contributed by atoms with Crippen molar-refractivity contribution in [3.05, 3.63) is 29.3 Å². The van der Waals surface area contributed by atoms with E-state index in [1.54, 1.807) is 25.2 Å². The van der Waals surface area contributed by atoms with Gasteiger partial charge >= 0.3 is 0 Å². The molecule has 0 aliphatic rings. The number of hydrogen-bond donors (Lipinski definition) is 2. The van der Waals surface area contributed by atoms with Crippen molar-refractivity contribution in [1.82, 2.24) is 10.0 Å². The second kappa shape index (κ2) is 7.06. The van der Waals surface area contributed by atoms with Gasteiger partial charge < -0.3 is 5.32 Å². The maximum atomic E-state index is 12.1. The van der Waals surface area contributed by atoms with Crippen molar-refractivity contribution in [3.8, 4) is 0 Å². The second-order valence-corrected chi connectivity index (χ2v) is 7.80. The predicted octanol–water partition coefficient (Wildman–Crippen LogP) is 2.86. The Morgan fingerprint density at radius 2 is 2.05 bits per heavy atom. The van der Waals surface area contributed by atoms with Crippen LogP contribution in [0.15, 0.2) is 28.5 Å². The van der Waals surface area contributed by atoms with Crippen LogP contribution < -0.4 is 10.0 Å². The molecule has 1 aromatic heterocycles. The van der Waals surface area contributed by atoms with Gasteiger partial charge in [0.15, 0.2) is 0 Å². The van der Waals surface area contributed by atoms with Crippen LogP contribution in [0.4, 0.5) is 0 Å². The van der Waals surface area contributed by atoms with Crippen molar-refractivity contribution in [2.75, 3.05) is 13.6 Å². The molecular weight excluding hydrogens is 339 g/mol. The highest BCUT2D eigenvalue weighted by molar-refractivity contribution is 7.91. The number of nitrogens with one attached hydrogen (secondary N) is 2. The fourth-order valence-electron chi connectivity index (χ4n) is 1.53. The summed E-state index contributed by atoms with van der Waals surface area (Å²) in [7, 11) is -1.66. The summed E-state index contributed by atoms with van der Waals surface area (Å²) in [6.45, 7) is 2.26. The van der Waals surface area contributed by atoms with Crippen LogP contribution in [0.5, 0.6) is 0 Å². The Morgan fingerprint density at radius 3 is 2.70 bits per heavy atom. The van der Waals surface area contributed by atoms with Crippen molar-refractivity contribution in [2.45, 2.75) is 17.2 Å². The van der Waals surface area contributed by atoms with Crippen LogP contribution in [-0.2, 0) is 10.0 Å². The number of fused-ring (bicyclic) bond motifs is 1. The first kappa shape index (κ1) is 17.7. The minimum Gasteiger partial charge on any atom is -0.316 e. The van der Waals surface area contributed by atoms with Crippen molar-refractivity contribution in [1.29, 1.82) is 0 Å². The Morgan fingerprint density at radius 1 is 1.35 bits per heavy atom. The Bertz CT molecular complexity index is 686. The molecular formula is C12H16Cl2N2O2S2. The van der Waals surface area contributed by atoms with Gasteiger partial charge in [-0.3, -0.25) is 0 Å². The van der Waals surface area contributed by atoms with E-state index in [1.807, 2.05) is 13.0 Å². The third kappa shape index (κ3) is 4.07. The van der Waals surface area contributed by atoms with Crippen LogP contribution in [0, 0.1) is 0 Å². The zero-order valence-corrected chi connectivity index (χ0v) is 14.2. The van der Waals surface area contributed by atoms with Gasteiger partial charge in [-0.2, -0.15) is 0 Å². The molecule has 1 unspecified atom stereocenters. The fourth-order valence-corrected chi connectivity index (χ4v) is 4.26. The molecule has 8 heteroatoms. The summed E-state index contributed by atoms with van der Waals surface area (Å²) in [4.78, 5) is 0. The zero-order chi connectivity index (χ0) is 14.0. The first-order valence-electron chi connectivity index (χ1n) is 5.78. The van der Waals surface area contributed by atoms with Crippen LogP contribution in [0.1, 0.15) is 6.92 Å². The van der Waals surface area contributed by atoms with Gasteiger partial charge in [-0.05, 0) is 43.6 Å². The van der Waals surface area contributed by atoms with E-state index in [4.69, 9.17) is 11.6 Å². The quantitative estimate of drug-likeness (QED) is 0.867. The Kier molecular flexibility index (Phi) is 6.25. The number of sulfonamides is 1. The SMILES string of the molecule is CNC(C)CNS(=O)(=O)c1cc2cc(Cl)ccc2s1.Cl. The molecule has 0 aliphatic carbocycles. The molecule has 112 valence electrons. The van der Waals surface area contributed by atoms with Gasteiger partial charge in [0.05, 0.1) is 0 Å². The molecule has 0 radical (unpaired) electrons. The summed E-state index contributed by atoms with van der Waals surface area (Å²) in [6, 6.07) is 7.09. The molecule has 2 rings (SSSR count). The van der Waals surface area contributed by atoms with E-state index in [2.05, 4.69) is 10.0 Å². The lowest BCUT2D eigenvalue weighted by Gasteiger charge is -2.10. The van der Waals surface area contributed by atoms with Gasteiger partial charge in [0.2, 0.25) is 10.0 Å². The predicted molar refractivity (Wildman–Crippen MR) is 87.8 cm³/mol. The fraction of sp³-hybridized carbons (Fsp3) is 0.333. The van der Waals surface area contributed by atoms with Crippen molar-refractivity contribution >= 4 is 55.5 Å². The van der Waals surface area contributed by atoms with Gasteiger partial charge in [-0.15, -0.1) is 23.7 Å². The van der Waals surface area contributed by atoms with Crippen LogP contribution in [-0.4, -0.2) is 28.1 Å². The Hall–Kier alpha value is -0.370. The third-order valence-corrected chi connectivity index (χ3v) is 6.04. The lowest BCUT2D eigenvalue weighted by molar-refractivity contribution is 0.556. The summed E-state index contributed by atoms with van der Waals surface area (Å²) < 4.78 is 28.1. The van der Waals surface area contributed by atoms with E-state index in [-0.39, 0.29) is 18.4 Å². The molecule has 0 bridgehead atoms. The van der Waals surface area contributed by atoms with Gasteiger partial charge in [0.1, 0.15) is 4.21 Å². The lowest BCUT2D eigenvalue weighted by atomic mass is 10.3. The smallest absolute Gasteiger partial charge is 0.250 e. The molecule has 0 aliphatic heterocycles. The van der Waals surface area contributed by atoms with Gasteiger partial charge in [0.25, 0.3) is 0 Å². The van der Waals surface area contributed by atoms with Crippen molar-refractivity contribution in [2.24, 2.45) is 0 Å². The minimum absolute atomic E-state index is 0. The summed E-state index contributed by atoms with van der Waals surface area (Å²) >= 11 is 7.14. The number of halogens is 2. The van der Waals surface area contributed by atoms with E-state index in [0.717, 1.165) is 10.1 Å². The molecule has 20 heavy (non-hydrogen) atoms. The van der Waals surface area contributed by atoms with Crippen LogP contribution in [0.2, 0.25) is 5.02 Å². The molecule has 2 N–H and O–H groups in total. The molecule has 0 saturated heterocycles. The monoisotopic (exact) mass is 354 g/mol. The molecule has 1 heterocycles. The molecule has 0 saturated carbocycles. The average molecular weight is 355 g/mol. The summed E-state index contributed by atoms with van der Waals surface area (Å²) in [5, 5.41) is 4.43. The normalized spacial score (nSPS) is 13.2. The maximum Gasteiger partial charge on any atom is 0.250 e. The summed E-state index contributed by atoms with van der Waals surface area (Å²) in [5.74, 6) is 0. The first-order chi connectivity index (χ1) is 8.92. The third-order valence-electron chi connectivity index (χ3n) is 2.79. The van der Waals surface area contributed by atoms with E-state index in [1.165, 1.54) is 11.3 Å². The van der Waals surface area contributed by atoms with E-state index in [9.17, 15) is 8.42 Å². The van der Waals surface area contributed by atoms with Crippen LogP contribution in [0.3, 0.4) is 0 Å². The number of rotatable bonds is 5. The van der Waals surface area contributed by atoms with E-state index in [0.29, 0.717) is 15.8 Å². The molecule has 0 fully saturated rings. The number of thiophene rings is 1. The maximum absolute atomic E-state index is 12.1. The standard InChI is InChI=1S/C12H15ClN2O2S2.ClH/c1-8(14-2)7-15-19(16,17)12-6-9-5-10(13)3-4-11(9)18-12;/h3-6,8,14-15H,7H2,1-2H3;1H. The Balaban J connectivity index is 0.00000200. The largest absolute Gasteiger partial charge is 0.316 e. The van der Waals surface area contributed by atoms with Crippen LogP contribution in [0.25, 0.3) is 10.1 Å². The summed E-state index contributed by atoms with van der Waals surface area (Å²) in [5.41, 5.74) is 0. The molecule has 4 nitrogen and oxygen atoms in total. The number of likely N-dealkylation sites (N-methyl/N-ethyl adjacent to an activating group) is 1. The molecule has 0 amide bonds. The van der Waals surface area contributed by atoms with Gasteiger partial charge in [-0.1, -0.05) is 11.6 Å². The number of benzene rings is 1. The van der Waals surface area contributed by atoms with E-state index >= 15 is 0 Å². The van der Waals surface area contributed by atoms with Crippen molar-refractivity contribution < 1.29 is 8.42 Å². The molecule has 1 atom stereocenters. The highest BCUT2D eigenvalue weighted by Gasteiger charge is 2.18. The minimum atomic E-state index is -3.45. The van der Waals surface area contributed by atoms with Crippen LogP contribution >= 0.6 is 35.3 Å². The second-order valence-electron chi connectivity index (χ2n) is 4.29. The van der Waals surface area contributed by atoms with Gasteiger partial charge in [0, 0.05) is 22.3 Å². The highest BCUT2D eigenvalue weighted by atomic mass is 35.5. The lowest BCUT2D eigenvalue weighted by Crippen LogP contribution is -2.36. The molecule has 0 spiro atoms. The molecule has 1 aromatic carbocycles. The average Bonchev–Trinajstić information content (AvgIpc) is 2.79. The highest BCUT2D eigenvalue weighted by Crippen LogP contribution is 2.30. The number of hydrogen-bond acceptors (Lipinski definition) is 4. The summed E-state index contributed by atoms with van der Waals surface area (Å²) in [6.07, 6.45) is 0. The first-order valence-corrected chi connectivity index (χ1v) is 8.46.